The molecule has 0 aliphatic carbocycles. The Morgan fingerprint density at radius 3 is 2.61 bits per heavy atom. The van der Waals surface area contributed by atoms with Crippen LogP contribution in [0.3, 0.4) is 0 Å². The lowest BCUT2D eigenvalue weighted by Gasteiger charge is -2.24. The Labute approximate surface area is 182 Å². The van der Waals surface area contributed by atoms with Crippen molar-refractivity contribution in [1.29, 1.82) is 0 Å². The molecular weight excluding hydrogens is 394 g/mol. The Hall–Kier alpha value is -3.15. The summed E-state index contributed by atoms with van der Waals surface area (Å²) in [7, 11) is 0. The van der Waals surface area contributed by atoms with Crippen LogP contribution in [0.15, 0.2) is 42.5 Å². The molecule has 6 nitrogen and oxygen atoms in total. The summed E-state index contributed by atoms with van der Waals surface area (Å²) in [6.45, 7) is 6.42. The molecule has 1 aliphatic rings. The van der Waals surface area contributed by atoms with Crippen molar-refractivity contribution in [3.63, 3.8) is 0 Å². The molecule has 0 fully saturated rings. The molecule has 0 radical (unpaired) electrons. The fourth-order valence-corrected chi connectivity index (χ4v) is 4.36. The Morgan fingerprint density at radius 1 is 1.03 bits per heavy atom. The summed E-state index contributed by atoms with van der Waals surface area (Å²) in [5.41, 5.74) is 3.26. The molecule has 2 heterocycles. The first-order valence-corrected chi connectivity index (χ1v) is 10.9. The SMILES string of the molecule is CCOc1ccc(COc2ccc3c(c2)cc2n3CCC[C@H]2CC(=O)O)cc1OCC. The number of aromatic nitrogens is 1. The quantitative estimate of drug-likeness (QED) is 0.501. The van der Waals surface area contributed by atoms with Crippen LogP contribution in [0, 0.1) is 0 Å². The molecule has 3 aromatic rings. The van der Waals surface area contributed by atoms with Crippen LogP contribution in [0.5, 0.6) is 17.2 Å². The second-order valence-electron chi connectivity index (χ2n) is 7.81. The maximum atomic E-state index is 11.2. The van der Waals surface area contributed by atoms with Gasteiger partial charge in [0, 0.05) is 29.1 Å². The van der Waals surface area contributed by atoms with Crippen LogP contribution < -0.4 is 14.2 Å². The maximum Gasteiger partial charge on any atom is 0.304 e. The van der Waals surface area contributed by atoms with Crippen molar-refractivity contribution in [3.05, 3.63) is 53.7 Å². The minimum atomic E-state index is -0.741. The molecule has 0 bridgehead atoms. The first kappa shape index (κ1) is 21.1. The number of nitrogens with zero attached hydrogens (tertiary/aromatic N) is 1. The highest BCUT2D eigenvalue weighted by molar-refractivity contribution is 5.83. The third kappa shape index (κ3) is 4.63. The highest BCUT2D eigenvalue weighted by Crippen LogP contribution is 2.36. The van der Waals surface area contributed by atoms with E-state index in [4.69, 9.17) is 14.2 Å². The molecule has 1 atom stereocenters. The van der Waals surface area contributed by atoms with Crippen molar-refractivity contribution in [2.24, 2.45) is 0 Å². The van der Waals surface area contributed by atoms with Crippen LogP contribution in [-0.4, -0.2) is 28.9 Å². The van der Waals surface area contributed by atoms with Crippen molar-refractivity contribution in [2.45, 2.75) is 52.2 Å². The molecule has 31 heavy (non-hydrogen) atoms. The molecule has 164 valence electrons. The molecule has 4 rings (SSSR count). The van der Waals surface area contributed by atoms with Gasteiger partial charge in [0.15, 0.2) is 11.5 Å². The smallest absolute Gasteiger partial charge is 0.304 e. The van der Waals surface area contributed by atoms with E-state index in [1.807, 2.05) is 44.2 Å². The zero-order chi connectivity index (χ0) is 21.8. The second-order valence-corrected chi connectivity index (χ2v) is 7.81. The van der Waals surface area contributed by atoms with E-state index in [1.165, 1.54) is 0 Å². The van der Waals surface area contributed by atoms with E-state index in [0.29, 0.717) is 19.8 Å². The van der Waals surface area contributed by atoms with Crippen molar-refractivity contribution < 1.29 is 24.1 Å². The van der Waals surface area contributed by atoms with Gasteiger partial charge in [0.05, 0.1) is 19.6 Å². The number of carboxylic acid groups (broad SMARTS) is 1. The van der Waals surface area contributed by atoms with Gasteiger partial charge in [-0.15, -0.1) is 0 Å². The van der Waals surface area contributed by atoms with Gasteiger partial charge in [0.25, 0.3) is 0 Å². The number of carboxylic acids is 1. The summed E-state index contributed by atoms with van der Waals surface area (Å²) in [4.78, 5) is 11.2. The summed E-state index contributed by atoms with van der Waals surface area (Å²) in [6, 6.07) is 14.1. The van der Waals surface area contributed by atoms with Crippen molar-refractivity contribution in [1.82, 2.24) is 4.57 Å². The third-order valence-corrected chi connectivity index (χ3v) is 5.69. The minimum Gasteiger partial charge on any atom is -0.490 e. The van der Waals surface area contributed by atoms with Crippen LogP contribution in [0.2, 0.25) is 0 Å². The lowest BCUT2D eigenvalue weighted by atomic mass is 9.93. The number of rotatable bonds is 9. The molecule has 1 N–H and O–H groups in total. The largest absolute Gasteiger partial charge is 0.490 e. The number of carbonyl (C=O) groups is 1. The molecule has 1 aliphatic heterocycles. The standard InChI is InChI=1S/C25H29NO5/c1-3-29-23-10-7-17(12-24(23)30-4-2)16-31-20-8-9-21-19(13-20)14-22-18(15-25(27)28)6-5-11-26(21)22/h7-10,12-14,18H,3-6,11,15-16H2,1-2H3,(H,27,28)/t18-/m0/s1. The highest BCUT2D eigenvalue weighted by Gasteiger charge is 2.24. The highest BCUT2D eigenvalue weighted by atomic mass is 16.5. The summed E-state index contributed by atoms with van der Waals surface area (Å²) >= 11 is 0. The molecule has 6 heteroatoms. The van der Waals surface area contributed by atoms with Gasteiger partial charge in [-0.1, -0.05) is 6.07 Å². The Morgan fingerprint density at radius 2 is 1.84 bits per heavy atom. The molecule has 0 unspecified atom stereocenters. The number of aryl methyl sites for hydroxylation is 1. The van der Waals surface area contributed by atoms with Crippen molar-refractivity contribution in [2.75, 3.05) is 13.2 Å². The van der Waals surface area contributed by atoms with Crippen LogP contribution in [0.25, 0.3) is 10.9 Å². The van der Waals surface area contributed by atoms with Crippen LogP contribution in [-0.2, 0) is 17.9 Å². The number of hydrogen-bond donors (Lipinski definition) is 1. The first-order valence-electron chi connectivity index (χ1n) is 10.9. The van der Waals surface area contributed by atoms with E-state index < -0.39 is 5.97 Å². The van der Waals surface area contributed by atoms with E-state index in [9.17, 15) is 9.90 Å². The fraction of sp³-hybridized carbons (Fsp3) is 0.400. The molecule has 0 saturated carbocycles. The van der Waals surface area contributed by atoms with Crippen molar-refractivity contribution in [3.8, 4) is 17.2 Å². The zero-order valence-corrected chi connectivity index (χ0v) is 18.1. The van der Waals surface area contributed by atoms with Gasteiger partial charge in [-0.3, -0.25) is 4.79 Å². The molecule has 0 amide bonds. The fourth-order valence-electron chi connectivity index (χ4n) is 4.36. The van der Waals surface area contributed by atoms with Gasteiger partial charge in [-0.25, -0.2) is 0 Å². The summed E-state index contributed by atoms with van der Waals surface area (Å²) in [5.74, 6) is 1.59. The van der Waals surface area contributed by atoms with E-state index >= 15 is 0 Å². The Balaban J connectivity index is 1.52. The number of ether oxygens (including phenoxy) is 3. The molecule has 0 saturated heterocycles. The molecule has 1 aromatic heterocycles. The van der Waals surface area contributed by atoms with Gasteiger partial charge in [-0.2, -0.15) is 0 Å². The van der Waals surface area contributed by atoms with Crippen LogP contribution >= 0.6 is 0 Å². The van der Waals surface area contributed by atoms with E-state index in [0.717, 1.165) is 58.8 Å². The second kappa shape index (κ2) is 9.33. The van der Waals surface area contributed by atoms with Crippen molar-refractivity contribution >= 4 is 16.9 Å². The van der Waals surface area contributed by atoms with Gasteiger partial charge < -0.3 is 23.9 Å². The minimum absolute atomic E-state index is 0.0730. The average Bonchev–Trinajstić information content (AvgIpc) is 3.13. The Kier molecular flexibility index (Phi) is 6.35. The maximum absolute atomic E-state index is 11.2. The monoisotopic (exact) mass is 423 g/mol. The average molecular weight is 424 g/mol. The Bertz CT molecular complexity index is 1070. The van der Waals surface area contributed by atoms with E-state index in [-0.39, 0.29) is 12.3 Å². The van der Waals surface area contributed by atoms with E-state index in [2.05, 4.69) is 16.7 Å². The number of hydrogen-bond acceptors (Lipinski definition) is 4. The predicted molar refractivity (Wildman–Crippen MR) is 119 cm³/mol. The van der Waals surface area contributed by atoms with Gasteiger partial charge in [0.1, 0.15) is 12.4 Å². The van der Waals surface area contributed by atoms with E-state index in [1.54, 1.807) is 0 Å². The lowest BCUT2D eigenvalue weighted by Crippen LogP contribution is -2.17. The number of benzene rings is 2. The first-order chi connectivity index (χ1) is 15.1. The van der Waals surface area contributed by atoms with Gasteiger partial charge >= 0.3 is 5.97 Å². The summed E-state index contributed by atoms with van der Waals surface area (Å²) in [5, 5.41) is 10.3. The topological polar surface area (TPSA) is 69.9 Å². The normalized spacial score (nSPS) is 15.5. The molecular formula is C25H29NO5. The summed E-state index contributed by atoms with van der Waals surface area (Å²) < 4.78 is 19.6. The van der Waals surface area contributed by atoms with Gasteiger partial charge in [0.2, 0.25) is 0 Å². The zero-order valence-electron chi connectivity index (χ0n) is 18.1. The van der Waals surface area contributed by atoms with Crippen LogP contribution in [0.1, 0.15) is 50.3 Å². The molecule has 2 aromatic carbocycles. The van der Waals surface area contributed by atoms with Gasteiger partial charge in [-0.05, 0) is 68.7 Å². The number of fused-ring (bicyclic) bond motifs is 3. The predicted octanol–water partition coefficient (Wildman–Crippen LogP) is 5.37. The summed E-state index contributed by atoms with van der Waals surface area (Å²) in [6.07, 6.45) is 2.11. The number of aliphatic carboxylic acids is 1. The lowest BCUT2D eigenvalue weighted by molar-refractivity contribution is -0.137. The third-order valence-electron chi connectivity index (χ3n) is 5.69. The van der Waals surface area contributed by atoms with Crippen LogP contribution in [0.4, 0.5) is 0 Å². The molecule has 0 spiro atoms.